The van der Waals surface area contributed by atoms with Gasteiger partial charge in [0.2, 0.25) is 0 Å². The molecule has 0 atom stereocenters. The lowest BCUT2D eigenvalue weighted by molar-refractivity contribution is 0.997. The normalized spacial score (nSPS) is 12.6. The summed E-state index contributed by atoms with van der Waals surface area (Å²) in [4.78, 5) is 10.3. The van der Waals surface area contributed by atoms with Gasteiger partial charge in [0.15, 0.2) is 0 Å². The zero-order valence-corrected chi connectivity index (χ0v) is 31.8. The molecule has 2 heterocycles. The van der Waals surface area contributed by atoms with Crippen molar-refractivity contribution in [2.75, 3.05) is 0 Å². The quantitative estimate of drug-likeness (QED) is 0.168. The zero-order valence-electron chi connectivity index (χ0n) is 31.8. The van der Waals surface area contributed by atoms with Gasteiger partial charge in [0, 0.05) is 27.9 Å². The van der Waals surface area contributed by atoms with E-state index in [1.165, 1.54) is 82.2 Å². The Morgan fingerprint density at radius 1 is 0.397 bits per heavy atom. The van der Waals surface area contributed by atoms with E-state index in [-0.39, 0.29) is 0 Å². The fourth-order valence-electron chi connectivity index (χ4n) is 9.64. The highest BCUT2D eigenvalue weighted by Gasteiger charge is 2.21. The van der Waals surface area contributed by atoms with E-state index in [0.29, 0.717) is 0 Å². The molecule has 2 aromatic heterocycles. The van der Waals surface area contributed by atoms with E-state index in [1.807, 2.05) is 12.3 Å². The molecule has 58 heavy (non-hydrogen) atoms. The molecule has 0 N–H and O–H groups in total. The minimum absolute atomic E-state index is 0.980. The molecule has 0 saturated carbocycles. The van der Waals surface area contributed by atoms with Gasteiger partial charge in [-0.25, -0.2) is 4.98 Å². The second-order valence-corrected chi connectivity index (χ2v) is 15.5. The molecule has 0 amide bonds. The van der Waals surface area contributed by atoms with Crippen molar-refractivity contribution in [3.05, 3.63) is 199 Å². The summed E-state index contributed by atoms with van der Waals surface area (Å²) in [5.41, 5.74) is 14.1. The maximum atomic E-state index is 5.68. The van der Waals surface area contributed by atoms with E-state index >= 15 is 0 Å². The van der Waals surface area contributed by atoms with Crippen LogP contribution in [0, 0.1) is 0 Å². The van der Waals surface area contributed by atoms with Gasteiger partial charge in [0.05, 0.1) is 16.7 Å². The van der Waals surface area contributed by atoms with Gasteiger partial charge < -0.3 is 0 Å². The number of aryl methyl sites for hydroxylation is 1. The van der Waals surface area contributed by atoms with Gasteiger partial charge in [-0.15, -0.1) is 0 Å². The largest absolute Gasteiger partial charge is 0.256 e. The van der Waals surface area contributed by atoms with Crippen molar-refractivity contribution in [1.29, 1.82) is 0 Å². The minimum Gasteiger partial charge on any atom is -0.256 e. The van der Waals surface area contributed by atoms with Crippen molar-refractivity contribution < 1.29 is 0 Å². The standard InChI is InChI=1S/C56H36N2/c1-3-15-39-37(13-1)31-50(44-19-7-5-17-42(39)44)51-34-55(52-32-38-14-2-4-16-40(38)43-18-6-8-20-45(43)52)58-56-48-23-10-9-21-46(48)49(33-53(51)56)36-27-25-35(26-28-36)41-29-30-57-54-24-12-11-22-47(41)54/h1-2,4-14,16-34H,3,15H2. The molecule has 1 aliphatic rings. The van der Waals surface area contributed by atoms with Crippen molar-refractivity contribution in [2.24, 2.45) is 0 Å². The van der Waals surface area contributed by atoms with E-state index in [0.717, 1.165) is 51.3 Å². The monoisotopic (exact) mass is 736 g/mol. The van der Waals surface area contributed by atoms with Gasteiger partial charge in [-0.05, 0) is 131 Å². The predicted octanol–water partition coefficient (Wildman–Crippen LogP) is 15.0. The van der Waals surface area contributed by atoms with E-state index in [2.05, 4.69) is 187 Å². The van der Waals surface area contributed by atoms with Crippen LogP contribution in [-0.2, 0) is 6.42 Å². The Hall–Kier alpha value is -7.42. The summed E-state index contributed by atoms with van der Waals surface area (Å²) in [5, 5.41) is 12.2. The predicted molar refractivity (Wildman–Crippen MR) is 246 cm³/mol. The van der Waals surface area contributed by atoms with E-state index in [4.69, 9.17) is 4.98 Å². The summed E-state index contributed by atoms with van der Waals surface area (Å²) in [6.07, 6.45) is 8.68. The average molecular weight is 737 g/mol. The van der Waals surface area contributed by atoms with Gasteiger partial charge in [-0.3, -0.25) is 4.98 Å². The molecule has 2 heteroatoms. The highest BCUT2D eigenvalue weighted by atomic mass is 14.7. The molecule has 11 aromatic rings. The van der Waals surface area contributed by atoms with Crippen molar-refractivity contribution in [3.63, 3.8) is 0 Å². The number of pyridine rings is 2. The Labute approximate surface area is 336 Å². The van der Waals surface area contributed by atoms with Gasteiger partial charge in [0.1, 0.15) is 0 Å². The Morgan fingerprint density at radius 2 is 1.00 bits per heavy atom. The van der Waals surface area contributed by atoms with Gasteiger partial charge >= 0.3 is 0 Å². The van der Waals surface area contributed by atoms with Gasteiger partial charge in [-0.2, -0.15) is 0 Å². The van der Waals surface area contributed by atoms with Gasteiger partial charge in [-0.1, -0.05) is 152 Å². The third-order valence-electron chi connectivity index (χ3n) is 12.4. The van der Waals surface area contributed by atoms with Crippen LogP contribution in [0.5, 0.6) is 0 Å². The molecule has 12 rings (SSSR count). The molecule has 270 valence electrons. The molecular formula is C56H36N2. The number of benzene rings is 9. The molecule has 0 radical (unpaired) electrons. The molecular weight excluding hydrogens is 701 g/mol. The summed E-state index contributed by atoms with van der Waals surface area (Å²) < 4.78 is 0. The number of fused-ring (bicyclic) bond motifs is 10. The molecule has 0 fully saturated rings. The molecule has 0 bridgehead atoms. The Bertz CT molecular complexity index is 3500. The fourth-order valence-corrected chi connectivity index (χ4v) is 9.64. The van der Waals surface area contributed by atoms with E-state index in [9.17, 15) is 0 Å². The first kappa shape index (κ1) is 32.8. The maximum absolute atomic E-state index is 5.68. The molecule has 2 nitrogen and oxygen atoms in total. The van der Waals surface area contributed by atoms with Crippen LogP contribution < -0.4 is 0 Å². The number of aromatic nitrogens is 2. The lowest BCUT2D eigenvalue weighted by Crippen LogP contribution is -1.99. The number of hydrogen-bond acceptors (Lipinski definition) is 2. The van der Waals surface area contributed by atoms with Crippen molar-refractivity contribution in [2.45, 2.75) is 12.8 Å². The maximum Gasteiger partial charge on any atom is 0.0794 e. The number of nitrogens with zero attached hydrogens (tertiary/aromatic N) is 2. The van der Waals surface area contributed by atoms with Crippen LogP contribution in [-0.4, -0.2) is 9.97 Å². The first-order valence-electron chi connectivity index (χ1n) is 20.2. The summed E-state index contributed by atoms with van der Waals surface area (Å²) >= 11 is 0. The molecule has 0 unspecified atom stereocenters. The Kier molecular flexibility index (Phi) is 7.39. The minimum atomic E-state index is 0.980. The third kappa shape index (κ3) is 5.12. The lowest BCUT2D eigenvalue weighted by atomic mass is 9.84. The van der Waals surface area contributed by atoms with Crippen LogP contribution in [0.3, 0.4) is 0 Å². The number of hydrogen-bond donors (Lipinski definition) is 0. The topological polar surface area (TPSA) is 25.8 Å². The van der Waals surface area contributed by atoms with Crippen molar-refractivity contribution in [1.82, 2.24) is 9.97 Å². The van der Waals surface area contributed by atoms with Crippen LogP contribution in [0.25, 0.3) is 116 Å². The van der Waals surface area contributed by atoms with Crippen LogP contribution in [0.4, 0.5) is 0 Å². The smallest absolute Gasteiger partial charge is 0.0794 e. The summed E-state index contributed by atoms with van der Waals surface area (Å²) in [7, 11) is 0. The van der Waals surface area contributed by atoms with Crippen LogP contribution in [0.1, 0.15) is 17.5 Å². The lowest BCUT2D eigenvalue weighted by Gasteiger charge is -2.20. The van der Waals surface area contributed by atoms with Gasteiger partial charge in [0.25, 0.3) is 0 Å². The second kappa shape index (κ2) is 13.1. The highest BCUT2D eigenvalue weighted by molar-refractivity contribution is 6.20. The summed E-state index contributed by atoms with van der Waals surface area (Å²) in [6.45, 7) is 0. The molecule has 9 aromatic carbocycles. The highest BCUT2D eigenvalue weighted by Crippen LogP contribution is 2.45. The summed E-state index contributed by atoms with van der Waals surface area (Å²) in [5.74, 6) is 0. The van der Waals surface area contributed by atoms with Crippen LogP contribution >= 0.6 is 0 Å². The molecule has 1 aliphatic carbocycles. The summed E-state index contributed by atoms with van der Waals surface area (Å²) in [6, 6.07) is 64.4. The second-order valence-electron chi connectivity index (χ2n) is 15.5. The third-order valence-corrected chi connectivity index (χ3v) is 12.4. The first-order valence-corrected chi connectivity index (χ1v) is 20.2. The molecule has 0 saturated heterocycles. The number of para-hydroxylation sites is 1. The van der Waals surface area contributed by atoms with Crippen LogP contribution in [0.15, 0.2) is 188 Å². The number of allylic oxidation sites excluding steroid dienone is 1. The Morgan fingerprint density at radius 3 is 1.79 bits per heavy atom. The van der Waals surface area contributed by atoms with Crippen molar-refractivity contribution >= 4 is 71.0 Å². The molecule has 0 aliphatic heterocycles. The van der Waals surface area contributed by atoms with Crippen LogP contribution in [0.2, 0.25) is 0 Å². The number of rotatable bonds is 4. The average Bonchev–Trinajstić information content (AvgIpc) is 3.30. The molecule has 0 spiro atoms. The van der Waals surface area contributed by atoms with Crippen molar-refractivity contribution in [3.8, 4) is 44.6 Å². The van der Waals surface area contributed by atoms with E-state index in [1.54, 1.807) is 0 Å². The van der Waals surface area contributed by atoms with E-state index < -0.39 is 0 Å². The zero-order chi connectivity index (χ0) is 38.2. The first-order chi connectivity index (χ1) is 28.8. The fraction of sp³-hybridized carbons (Fsp3) is 0.0357. The Balaban J connectivity index is 1.16. The SMILES string of the molecule is C1=Cc2cc(-c3cc(-c4cc5ccccc5c5ccccc45)nc4c3cc(-c3ccc(-c5ccnc6ccccc56)cc3)c3ccccc34)c3ccccc3c2CC1.